The number of rotatable bonds is 4. The van der Waals surface area contributed by atoms with Gasteiger partial charge < -0.3 is 0 Å². The molecule has 0 aromatic carbocycles. The van der Waals surface area contributed by atoms with Crippen molar-refractivity contribution in [3.63, 3.8) is 0 Å². The van der Waals surface area contributed by atoms with Crippen LogP contribution in [0.1, 0.15) is 19.8 Å². The molecule has 0 unspecified atom stereocenters. The summed E-state index contributed by atoms with van der Waals surface area (Å²) < 4.78 is 0.573. The van der Waals surface area contributed by atoms with Gasteiger partial charge in [0.15, 0.2) is 5.03 Å². The maximum absolute atomic E-state index is 9.80. The van der Waals surface area contributed by atoms with Gasteiger partial charge in [0, 0.05) is 0 Å². The fourth-order valence-corrected chi connectivity index (χ4v) is 0.490. The molecule has 0 aromatic heterocycles. The highest BCUT2D eigenvalue weighted by molar-refractivity contribution is 6.12. The summed E-state index contributed by atoms with van der Waals surface area (Å²) in [5.74, 6) is 0. The third kappa shape index (κ3) is 4.02. The highest BCUT2D eigenvalue weighted by Crippen LogP contribution is 1.97. The van der Waals surface area contributed by atoms with Gasteiger partial charge in [0.25, 0.3) is 0 Å². The molecule has 0 spiro atoms. The number of hydrogen-bond donors (Lipinski definition) is 0. The molecule has 0 saturated carbocycles. The largest absolute Gasteiger partial charge is 0.234 e. The number of hydrazine groups is 1. The van der Waals surface area contributed by atoms with Crippen LogP contribution in [-0.2, 0) is 0 Å². The first-order chi connectivity index (χ1) is 4.18. The summed E-state index contributed by atoms with van der Waals surface area (Å²) in [5.41, 5.74) is 0. The lowest BCUT2D eigenvalue weighted by atomic mass is 10.3. The minimum Gasteiger partial charge on any atom is -0.234 e. The Balaban J connectivity index is 3.27. The monoisotopic (exact) mass is 152 g/mol. The Kier molecular flexibility index (Phi) is 4.13. The number of unbranched alkanes of at least 4 members (excludes halogenated alkanes) is 1. The van der Waals surface area contributed by atoms with Gasteiger partial charge >= 0.3 is 0 Å². The molecule has 0 rings (SSSR count). The van der Waals surface area contributed by atoms with Crippen LogP contribution in [0.4, 0.5) is 0 Å². The van der Waals surface area contributed by atoms with Crippen molar-refractivity contribution in [3.05, 3.63) is 10.1 Å². The van der Waals surface area contributed by atoms with Crippen LogP contribution in [-0.4, -0.2) is 16.1 Å². The van der Waals surface area contributed by atoms with E-state index in [-0.39, 0.29) is 0 Å². The lowest BCUT2D eigenvalue weighted by Crippen LogP contribution is -2.20. The quantitative estimate of drug-likeness (QED) is 0.348. The molecule has 9 heavy (non-hydrogen) atoms. The highest BCUT2D eigenvalue weighted by atomic mass is 35.5. The lowest BCUT2D eigenvalue weighted by Gasteiger charge is -2.01. The van der Waals surface area contributed by atoms with Gasteiger partial charge in [-0.1, -0.05) is 13.3 Å². The minimum absolute atomic E-state index is 0.311. The first-order valence-corrected chi connectivity index (χ1v) is 3.10. The Labute approximate surface area is 58.6 Å². The lowest BCUT2D eigenvalue weighted by molar-refractivity contribution is -0.621. The topological polar surface area (TPSA) is 46.4 Å². The molecule has 0 atom stereocenters. The van der Waals surface area contributed by atoms with Crippen LogP contribution in [0, 0.1) is 10.1 Å². The SMILES string of the molecule is CCCCN(Cl)[N+](=O)[O-]. The van der Waals surface area contributed by atoms with Crippen LogP contribution in [0.5, 0.6) is 0 Å². The molecular formula is C4H9ClN2O2. The van der Waals surface area contributed by atoms with Crippen LogP contribution < -0.4 is 0 Å². The summed E-state index contributed by atoms with van der Waals surface area (Å²) in [4.78, 5) is 9.80. The van der Waals surface area contributed by atoms with Crippen molar-refractivity contribution in [1.82, 2.24) is 4.53 Å². The standard InChI is InChI=1S/C4H9ClN2O2/c1-2-3-4-6(5)7(8)9/h2-4H2,1H3. The summed E-state index contributed by atoms with van der Waals surface area (Å²) in [6, 6.07) is 0. The molecule has 0 fully saturated rings. The van der Waals surface area contributed by atoms with Crippen LogP contribution in [0.15, 0.2) is 0 Å². The Morgan fingerprint density at radius 1 is 1.78 bits per heavy atom. The second-order valence-electron chi connectivity index (χ2n) is 1.65. The molecule has 5 heteroatoms. The molecule has 0 N–H and O–H groups in total. The highest BCUT2D eigenvalue weighted by Gasteiger charge is 2.06. The Bertz CT molecular complexity index is 98.6. The van der Waals surface area contributed by atoms with E-state index in [0.717, 1.165) is 12.8 Å². The van der Waals surface area contributed by atoms with Crippen molar-refractivity contribution in [2.45, 2.75) is 19.8 Å². The maximum atomic E-state index is 9.80. The fourth-order valence-electron chi connectivity index (χ4n) is 0.370. The Hall–Kier alpha value is -0.510. The minimum atomic E-state index is -0.628. The summed E-state index contributed by atoms with van der Waals surface area (Å²) in [5, 5.41) is 9.18. The summed E-state index contributed by atoms with van der Waals surface area (Å²) in [6.07, 6.45) is 1.67. The molecule has 0 aliphatic heterocycles. The predicted octanol–water partition coefficient (Wildman–Crippen LogP) is 1.43. The van der Waals surface area contributed by atoms with Crippen molar-refractivity contribution < 1.29 is 5.03 Å². The van der Waals surface area contributed by atoms with Gasteiger partial charge in [-0.3, -0.25) is 0 Å². The molecule has 54 valence electrons. The molecule has 0 heterocycles. The van der Waals surface area contributed by atoms with Crippen LogP contribution in [0.3, 0.4) is 0 Å². The number of nitrogens with zero attached hydrogens (tertiary/aromatic N) is 2. The van der Waals surface area contributed by atoms with Gasteiger partial charge in [-0.15, -0.1) is 0 Å². The first kappa shape index (κ1) is 8.49. The zero-order valence-electron chi connectivity index (χ0n) is 5.21. The van der Waals surface area contributed by atoms with Gasteiger partial charge in [0.1, 0.15) is 0 Å². The van der Waals surface area contributed by atoms with Crippen LogP contribution in [0.25, 0.3) is 0 Å². The molecule has 0 aliphatic carbocycles. The number of halogens is 1. The molecular weight excluding hydrogens is 144 g/mol. The zero-order valence-corrected chi connectivity index (χ0v) is 5.97. The smallest absolute Gasteiger partial charge is 0.176 e. The van der Waals surface area contributed by atoms with E-state index in [1.165, 1.54) is 0 Å². The molecule has 0 bridgehead atoms. The molecule has 4 nitrogen and oxygen atoms in total. The summed E-state index contributed by atoms with van der Waals surface area (Å²) in [6.45, 7) is 2.26. The van der Waals surface area contributed by atoms with E-state index in [2.05, 4.69) is 0 Å². The van der Waals surface area contributed by atoms with E-state index in [1.54, 1.807) is 0 Å². The number of hydrogen-bond acceptors (Lipinski definition) is 2. The van der Waals surface area contributed by atoms with Gasteiger partial charge in [-0.2, -0.15) is 0 Å². The molecule has 0 saturated heterocycles. The van der Waals surface area contributed by atoms with Crippen LogP contribution >= 0.6 is 11.8 Å². The zero-order chi connectivity index (χ0) is 7.28. The van der Waals surface area contributed by atoms with Crippen molar-refractivity contribution >= 4 is 11.8 Å². The normalized spacial score (nSPS) is 9.11. The van der Waals surface area contributed by atoms with Crippen molar-refractivity contribution in [2.75, 3.05) is 6.54 Å². The number of nitro groups is 1. The molecule has 0 radical (unpaired) electrons. The van der Waals surface area contributed by atoms with Gasteiger partial charge in [-0.25, -0.2) is 10.1 Å². The molecule has 0 aliphatic rings. The molecule has 0 aromatic rings. The first-order valence-electron chi connectivity index (χ1n) is 2.76. The van der Waals surface area contributed by atoms with Crippen molar-refractivity contribution in [2.24, 2.45) is 0 Å². The van der Waals surface area contributed by atoms with Crippen molar-refractivity contribution in [3.8, 4) is 0 Å². The van der Waals surface area contributed by atoms with Gasteiger partial charge in [0.05, 0.1) is 18.3 Å². The average molecular weight is 153 g/mol. The third-order valence-corrected chi connectivity index (χ3v) is 1.17. The van der Waals surface area contributed by atoms with Crippen LogP contribution in [0.2, 0.25) is 0 Å². The third-order valence-electron chi connectivity index (χ3n) is 0.873. The Morgan fingerprint density at radius 2 is 2.33 bits per heavy atom. The van der Waals surface area contributed by atoms with E-state index in [1.807, 2.05) is 6.92 Å². The van der Waals surface area contributed by atoms with E-state index < -0.39 is 5.03 Å². The van der Waals surface area contributed by atoms with E-state index >= 15 is 0 Å². The van der Waals surface area contributed by atoms with E-state index in [0.29, 0.717) is 11.1 Å². The average Bonchev–Trinajstić information content (AvgIpc) is 1.82. The Morgan fingerprint density at radius 3 is 2.67 bits per heavy atom. The second kappa shape index (κ2) is 4.38. The summed E-state index contributed by atoms with van der Waals surface area (Å²) >= 11 is 5.13. The summed E-state index contributed by atoms with van der Waals surface area (Å²) in [7, 11) is 0. The molecule has 0 amide bonds. The fraction of sp³-hybridized carbons (Fsp3) is 1.00. The predicted molar refractivity (Wildman–Crippen MR) is 34.5 cm³/mol. The van der Waals surface area contributed by atoms with Gasteiger partial charge in [-0.05, 0) is 10.9 Å². The van der Waals surface area contributed by atoms with Gasteiger partial charge in [0.2, 0.25) is 0 Å². The van der Waals surface area contributed by atoms with Crippen molar-refractivity contribution in [1.29, 1.82) is 0 Å². The van der Waals surface area contributed by atoms with E-state index in [4.69, 9.17) is 11.8 Å². The second-order valence-corrected chi connectivity index (χ2v) is 2.04. The van der Waals surface area contributed by atoms with E-state index in [9.17, 15) is 10.1 Å². The maximum Gasteiger partial charge on any atom is 0.176 e.